The molecular formula is C40H43F2N5O4. The fourth-order valence-corrected chi connectivity index (χ4v) is 6.06. The Kier molecular flexibility index (Phi) is 11.0. The van der Waals surface area contributed by atoms with Crippen molar-refractivity contribution in [2.24, 2.45) is 5.73 Å². The maximum absolute atomic E-state index is 14.3. The van der Waals surface area contributed by atoms with Crippen molar-refractivity contribution in [1.82, 2.24) is 14.7 Å². The van der Waals surface area contributed by atoms with Crippen LogP contribution >= 0.6 is 0 Å². The quantitative estimate of drug-likeness (QED) is 0.202. The Morgan fingerprint density at radius 2 is 1.53 bits per heavy atom. The average molecular weight is 696 g/mol. The van der Waals surface area contributed by atoms with Crippen LogP contribution in [0.4, 0.5) is 14.5 Å². The highest BCUT2D eigenvalue weighted by molar-refractivity contribution is 6.05. The van der Waals surface area contributed by atoms with Crippen molar-refractivity contribution in [2.75, 3.05) is 39.0 Å². The Morgan fingerprint density at radius 3 is 2.14 bits per heavy atom. The Balaban J connectivity index is 1.43. The van der Waals surface area contributed by atoms with E-state index in [0.717, 1.165) is 34.4 Å². The number of carbonyl (C=O) groups excluding carboxylic acids is 4. The van der Waals surface area contributed by atoms with Gasteiger partial charge in [-0.3, -0.25) is 19.2 Å². The van der Waals surface area contributed by atoms with Gasteiger partial charge < -0.3 is 25.8 Å². The van der Waals surface area contributed by atoms with E-state index >= 15 is 0 Å². The summed E-state index contributed by atoms with van der Waals surface area (Å²) >= 11 is 0. The lowest BCUT2D eigenvalue weighted by Gasteiger charge is -2.37. The third kappa shape index (κ3) is 8.85. The number of primary amides is 1. The van der Waals surface area contributed by atoms with Gasteiger partial charge in [-0.2, -0.15) is 0 Å². The monoisotopic (exact) mass is 695 g/mol. The number of carbonyl (C=O) groups is 4. The zero-order chi connectivity index (χ0) is 37.0. The van der Waals surface area contributed by atoms with Gasteiger partial charge in [0.15, 0.2) is 11.6 Å². The number of hydrogen-bond acceptors (Lipinski definition) is 5. The van der Waals surface area contributed by atoms with Gasteiger partial charge in [-0.15, -0.1) is 0 Å². The molecule has 0 saturated carbocycles. The van der Waals surface area contributed by atoms with Crippen molar-refractivity contribution in [3.8, 4) is 0 Å². The van der Waals surface area contributed by atoms with Crippen LogP contribution < -0.4 is 11.1 Å². The van der Waals surface area contributed by atoms with Gasteiger partial charge in [-0.05, 0) is 90.6 Å². The standard InChI is InChI=1S/C40H43F2N5O4/c1-40(2,3)30-14-10-26(11-15-30)35-21-28-12-16-31(44-37(49)29-13-17-33(41)34(42)20-29)22-32(28)39(51)47(35)23-25-6-8-27(9-7-25)38(50)46(24-36(43)48)19-18-45(4)5/h6-17,20,22,35H,18-19,21,23-24H2,1-5H3,(H2,43,48)(H,44,49). The van der Waals surface area contributed by atoms with Crippen LogP contribution in [-0.2, 0) is 23.2 Å². The smallest absolute Gasteiger partial charge is 0.255 e. The number of anilines is 1. The van der Waals surface area contributed by atoms with E-state index in [-0.39, 0.29) is 41.9 Å². The highest BCUT2D eigenvalue weighted by Gasteiger charge is 2.34. The maximum Gasteiger partial charge on any atom is 0.255 e. The largest absolute Gasteiger partial charge is 0.368 e. The zero-order valence-corrected chi connectivity index (χ0v) is 29.5. The highest BCUT2D eigenvalue weighted by Crippen LogP contribution is 2.36. The molecule has 4 amide bonds. The number of amides is 4. The number of halogens is 2. The predicted octanol–water partition coefficient (Wildman–Crippen LogP) is 5.94. The summed E-state index contributed by atoms with van der Waals surface area (Å²) in [7, 11) is 3.75. The Labute approximate surface area is 297 Å². The van der Waals surface area contributed by atoms with Crippen molar-refractivity contribution in [3.05, 3.63) is 136 Å². The van der Waals surface area contributed by atoms with E-state index in [0.29, 0.717) is 36.3 Å². The fraction of sp³-hybridized carbons (Fsp3) is 0.300. The lowest BCUT2D eigenvalue weighted by molar-refractivity contribution is -0.118. The van der Waals surface area contributed by atoms with Crippen LogP contribution in [0.1, 0.15) is 80.1 Å². The number of likely N-dealkylation sites (N-methyl/N-ethyl adjacent to an activating group) is 1. The van der Waals surface area contributed by atoms with Gasteiger partial charge in [0.05, 0.1) is 12.6 Å². The van der Waals surface area contributed by atoms with Gasteiger partial charge in [-0.25, -0.2) is 8.78 Å². The molecule has 3 N–H and O–H groups in total. The molecule has 0 bridgehead atoms. The highest BCUT2D eigenvalue weighted by atomic mass is 19.2. The first kappa shape index (κ1) is 36.9. The molecule has 5 rings (SSSR count). The van der Waals surface area contributed by atoms with E-state index in [1.807, 2.05) is 19.0 Å². The van der Waals surface area contributed by atoms with E-state index in [1.54, 1.807) is 47.4 Å². The molecule has 4 aromatic carbocycles. The third-order valence-corrected chi connectivity index (χ3v) is 9.00. The summed E-state index contributed by atoms with van der Waals surface area (Å²) in [5.74, 6) is -4.00. The van der Waals surface area contributed by atoms with Crippen LogP contribution in [0.3, 0.4) is 0 Å². The second-order valence-electron chi connectivity index (χ2n) is 14.2. The van der Waals surface area contributed by atoms with Crippen molar-refractivity contribution < 1.29 is 28.0 Å². The molecule has 1 atom stereocenters. The first-order valence-corrected chi connectivity index (χ1v) is 16.7. The van der Waals surface area contributed by atoms with Crippen LogP contribution in [0, 0.1) is 11.6 Å². The van der Waals surface area contributed by atoms with Gasteiger partial charge in [0.2, 0.25) is 5.91 Å². The first-order chi connectivity index (χ1) is 24.1. The third-order valence-electron chi connectivity index (χ3n) is 9.00. The molecule has 0 spiro atoms. The lowest BCUT2D eigenvalue weighted by Crippen LogP contribution is -2.42. The molecule has 51 heavy (non-hydrogen) atoms. The van der Waals surface area contributed by atoms with Crippen LogP contribution in [0.15, 0.2) is 84.9 Å². The molecule has 9 nitrogen and oxygen atoms in total. The van der Waals surface area contributed by atoms with Crippen molar-refractivity contribution in [2.45, 2.75) is 45.2 Å². The summed E-state index contributed by atoms with van der Waals surface area (Å²) in [6.45, 7) is 7.34. The molecule has 0 aliphatic carbocycles. The van der Waals surface area contributed by atoms with E-state index in [1.165, 1.54) is 11.0 Å². The molecule has 4 aromatic rings. The SMILES string of the molecule is CN(C)CCN(CC(N)=O)C(=O)c1ccc(CN2C(=O)c3cc(NC(=O)c4ccc(F)c(F)c4)ccc3CC2c2ccc(C(C)(C)C)cc2)cc1. The summed E-state index contributed by atoms with van der Waals surface area (Å²) in [6, 6.07) is 22.9. The van der Waals surface area contributed by atoms with Crippen LogP contribution in [0.25, 0.3) is 0 Å². The predicted molar refractivity (Wildman–Crippen MR) is 192 cm³/mol. The zero-order valence-electron chi connectivity index (χ0n) is 29.5. The van der Waals surface area contributed by atoms with E-state index in [4.69, 9.17) is 5.73 Å². The van der Waals surface area contributed by atoms with Gasteiger partial charge in [0.1, 0.15) is 0 Å². The summed E-state index contributed by atoms with van der Waals surface area (Å²) in [6.07, 6.45) is 0.512. The van der Waals surface area contributed by atoms with Crippen molar-refractivity contribution in [1.29, 1.82) is 0 Å². The van der Waals surface area contributed by atoms with E-state index in [2.05, 4.69) is 50.4 Å². The Morgan fingerprint density at radius 1 is 0.863 bits per heavy atom. The van der Waals surface area contributed by atoms with Crippen molar-refractivity contribution in [3.63, 3.8) is 0 Å². The molecule has 266 valence electrons. The minimum atomic E-state index is -1.13. The molecule has 1 unspecified atom stereocenters. The first-order valence-electron chi connectivity index (χ1n) is 16.7. The second kappa shape index (κ2) is 15.2. The summed E-state index contributed by atoms with van der Waals surface area (Å²) in [5.41, 5.74) is 10.2. The molecule has 1 heterocycles. The van der Waals surface area contributed by atoms with Crippen LogP contribution in [-0.4, -0.2) is 72.1 Å². The molecule has 0 radical (unpaired) electrons. The number of fused-ring (bicyclic) bond motifs is 1. The van der Waals surface area contributed by atoms with Gasteiger partial charge in [0.25, 0.3) is 17.7 Å². The van der Waals surface area contributed by atoms with Crippen LogP contribution in [0.5, 0.6) is 0 Å². The Hall–Kier alpha value is -5.42. The Bertz CT molecular complexity index is 1940. The molecule has 0 saturated heterocycles. The number of nitrogens with one attached hydrogen (secondary N) is 1. The average Bonchev–Trinajstić information content (AvgIpc) is 3.08. The van der Waals surface area contributed by atoms with Crippen molar-refractivity contribution >= 4 is 29.3 Å². The second-order valence-corrected chi connectivity index (χ2v) is 14.2. The van der Waals surface area contributed by atoms with Gasteiger partial charge in [-0.1, -0.05) is 63.2 Å². The van der Waals surface area contributed by atoms with E-state index in [9.17, 15) is 28.0 Å². The van der Waals surface area contributed by atoms with Crippen LogP contribution in [0.2, 0.25) is 0 Å². The van der Waals surface area contributed by atoms with Gasteiger partial charge >= 0.3 is 0 Å². The number of nitrogens with two attached hydrogens (primary N) is 1. The summed E-state index contributed by atoms with van der Waals surface area (Å²) < 4.78 is 27.2. The molecule has 0 fully saturated rings. The molecule has 1 aliphatic heterocycles. The molecule has 1 aliphatic rings. The minimum absolute atomic E-state index is 0.0492. The van der Waals surface area contributed by atoms with Gasteiger partial charge in [0, 0.05) is 42.0 Å². The molecule has 11 heteroatoms. The number of nitrogens with zero attached hydrogens (tertiary/aromatic N) is 3. The summed E-state index contributed by atoms with van der Waals surface area (Å²) in [4.78, 5) is 57.3. The molecular weight excluding hydrogens is 652 g/mol. The van der Waals surface area contributed by atoms with E-state index < -0.39 is 23.4 Å². The number of benzene rings is 4. The topological polar surface area (TPSA) is 116 Å². The summed E-state index contributed by atoms with van der Waals surface area (Å²) in [5, 5.41) is 2.69. The lowest BCUT2D eigenvalue weighted by atomic mass is 9.84. The normalized spacial score (nSPS) is 14.3. The number of rotatable bonds is 11. The maximum atomic E-state index is 14.3. The fourth-order valence-electron chi connectivity index (χ4n) is 6.06. The molecule has 0 aromatic heterocycles. The minimum Gasteiger partial charge on any atom is -0.368 e. The number of hydrogen-bond donors (Lipinski definition) is 2.